The van der Waals surface area contributed by atoms with Crippen LogP contribution in [0.2, 0.25) is 0 Å². The number of fused-ring (bicyclic) bond motifs is 1. The van der Waals surface area contributed by atoms with Gasteiger partial charge in [-0.3, -0.25) is 4.98 Å². The summed E-state index contributed by atoms with van der Waals surface area (Å²) in [6.07, 6.45) is 3.19. The molecule has 21 heavy (non-hydrogen) atoms. The molecule has 0 aliphatic heterocycles. The lowest BCUT2D eigenvalue weighted by Crippen LogP contribution is -1.94. The molecule has 2 heterocycles. The Labute approximate surface area is 128 Å². The predicted molar refractivity (Wildman–Crippen MR) is 78.4 cm³/mol. The van der Waals surface area contributed by atoms with Crippen LogP contribution in [-0.2, 0) is 0 Å². The summed E-state index contributed by atoms with van der Waals surface area (Å²) in [5.41, 5.74) is 1.03. The van der Waals surface area contributed by atoms with E-state index >= 15 is 0 Å². The Morgan fingerprint density at radius 3 is 2.86 bits per heavy atom. The Morgan fingerprint density at radius 1 is 1.19 bits per heavy atom. The topological polar surface area (TPSA) is 58.8 Å². The molecule has 3 aromatic rings. The van der Waals surface area contributed by atoms with E-state index in [1.54, 1.807) is 30.6 Å². The number of aromatic nitrogens is 2. The Kier molecular flexibility index (Phi) is 3.50. The normalized spacial score (nSPS) is 10.3. The maximum atomic E-state index is 13.6. The highest BCUT2D eigenvalue weighted by molar-refractivity contribution is 9.10. The lowest BCUT2D eigenvalue weighted by atomic mass is 10.2. The van der Waals surface area contributed by atoms with Crippen molar-refractivity contribution in [2.45, 2.75) is 0 Å². The van der Waals surface area contributed by atoms with Crippen LogP contribution in [0.5, 0.6) is 11.5 Å². The summed E-state index contributed by atoms with van der Waals surface area (Å²) in [5.74, 6) is -0.0617. The highest BCUT2D eigenvalue weighted by Gasteiger charge is 2.12. The van der Waals surface area contributed by atoms with E-state index in [-0.39, 0.29) is 11.3 Å². The van der Waals surface area contributed by atoms with Gasteiger partial charge in [0, 0.05) is 22.9 Å². The van der Waals surface area contributed by atoms with Crippen molar-refractivity contribution in [2.75, 3.05) is 0 Å². The van der Waals surface area contributed by atoms with Gasteiger partial charge in [0.15, 0.2) is 5.75 Å². The first-order valence-electron chi connectivity index (χ1n) is 5.96. The van der Waals surface area contributed by atoms with Crippen LogP contribution >= 0.6 is 15.9 Å². The van der Waals surface area contributed by atoms with Crippen molar-refractivity contribution in [3.63, 3.8) is 0 Å². The molecule has 0 saturated heterocycles. The molecular formula is C15H7BrFN3O. The highest BCUT2D eigenvalue weighted by Crippen LogP contribution is 2.31. The molecule has 0 N–H and O–H groups in total. The summed E-state index contributed by atoms with van der Waals surface area (Å²) in [4.78, 5) is 8.44. The van der Waals surface area contributed by atoms with Crippen LogP contribution in [0.15, 0.2) is 47.2 Å². The molecule has 102 valence electrons. The van der Waals surface area contributed by atoms with E-state index in [1.807, 2.05) is 0 Å². The van der Waals surface area contributed by atoms with Gasteiger partial charge >= 0.3 is 0 Å². The fourth-order valence-corrected chi connectivity index (χ4v) is 2.20. The van der Waals surface area contributed by atoms with E-state index in [4.69, 9.17) is 10.00 Å². The molecule has 0 aliphatic carbocycles. The van der Waals surface area contributed by atoms with Crippen molar-refractivity contribution in [3.8, 4) is 17.6 Å². The maximum absolute atomic E-state index is 13.6. The Bertz CT molecular complexity index is 876. The maximum Gasteiger partial charge on any atom is 0.156 e. The largest absolute Gasteiger partial charge is 0.453 e. The second-order valence-electron chi connectivity index (χ2n) is 4.16. The average Bonchev–Trinajstić information content (AvgIpc) is 2.47. The molecule has 6 heteroatoms. The van der Waals surface area contributed by atoms with Crippen molar-refractivity contribution in [3.05, 3.63) is 58.6 Å². The molecule has 3 rings (SSSR count). The van der Waals surface area contributed by atoms with Crippen LogP contribution < -0.4 is 4.74 Å². The first-order chi connectivity index (χ1) is 10.2. The minimum atomic E-state index is -0.621. The molecule has 0 saturated carbocycles. The average molecular weight is 344 g/mol. The SMILES string of the molecule is N#Cc1c(F)cccc1Oc1ccnc2cc(Br)cnc12. The van der Waals surface area contributed by atoms with Crippen molar-refractivity contribution in [1.29, 1.82) is 5.26 Å². The van der Waals surface area contributed by atoms with Crippen molar-refractivity contribution in [2.24, 2.45) is 0 Å². The van der Waals surface area contributed by atoms with Crippen molar-refractivity contribution < 1.29 is 9.13 Å². The van der Waals surface area contributed by atoms with E-state index in [9.17, 15) is 4.39 Å². The van der Waals surface area contributed by atoms with Gasteiger partial charge in [0.1, 0.15) is 28.7 Å². The zero-order valence-corrected chi connectivity index (χ0v) is 12.1. The molecule has 0 atom stereocenters. The van der Waals surface area contributed by atoms with Crippen LogP contribution in [0.25, 0.3) is 11.0 Å². The van der Waals surface area contributed by atoms with E-state index in [2.05, 4.69) is 25.9 Å². The van der Waals surface area contributed by atoms with Gasteiger partial charge < -0.3 is 4.74 Å². The number of ether oxygens (including phenoxy) is 1. The standard InChI is InChI=1S/C15H7BrFN3O/c16-9-6-12-15(20-8-9)14(4-5-19-12)21-13-3-1-2-11(17)10(13)7-18/h1-6,8H. The number of pyridine rings is 2. The molecule has 0 unspecified atom stereocenters. The van der Waals surface area contributed by atoms with Gasteiger partial charge in [-0.05, 0) is 34.1 Å². The third kappa shape index (κ3) is 2.56. The molecule has 0 radical (unpaired) electrons. The monoisotopic (exact) mass is 343 g/mol. The molecule has 0 aliphatic rings. The summed E-state index contributed by atoms with van der Waals surface area (Å²) in [5, 5.41) is 9.02. The molecule has 0 amide bonds. The molecule has 4 nitrogen and oxygen atoms in total. The molecule has 2 aromatic heterocycles. The lowest BCUT2D eigenvalue weighted by molar-refractivity contribution is 0.478. The zero-order chi connectivity index (χ0) is 14.8. The van der Waals surface area contributed by atoms with E-state index in [0.29, 0.717) is 16.8 Å². The number of rotatable bonds is 2. The predicted octanol–water partition coefficient (Wildman–Crippen LogP) is 4.20. The highest BCUT2D eigenvalue weighted by atomic mass is 79.9. The van der Waals surface area contributed by atoms with Crippen LogP contribution in [0.1, 0.15) is 5.56 Å². The molecule has 0 spiro atoms. The Balaban J connectivity index is 2.11. The van der Waals surface area contributed by atoms with Gasteiger partial charge in [-0.25, -0.2) is 9.37 Å². The van der Waals surface area contributed by atoms with Crippen molar-refractivity contribution >= 4 is 27.0 Å². The Morgan fingerprint density at radius 2 is 2.05 bits per heavy atom. The zero-order valence-electron chi connectivity index (χ0n) is 10.5. The van der Waals surface area contributed by atoms with Gasteiger partial charge in [-0.2, -0.15) is 5.26 Å². The van der Waals surface area contributed by atoms with Gasteiger partial charge in [-0.1, -0.05) is 6.07 Å². The molecular weight excluding hydrogens is 337 g/mol. The van der Waals surface area contributed by atoms with Gasteiger partial charge in [0.2, 0.25) is 0 Å². The quantitative estimate of drug-likeness (QED) is 0.699. The fraction of sp³-hybridized carbons (Fsp3) is 0. The lowest BCUT2D eigenvalue weighted by Gasteiger charge is -2.09. The number of halogens is 2. The third-order valence-electron chi connectivity index (χ3n) is 2.81. The first kappa shape index (κ1) is 13.5. The minimum Gasteiger partial charge on any atom is -0.453 e. The molecule has 0 fully saturated rings. The number of nitriles is 1. The summed E-state index contributed by atoms with van der Waals surface area (Å²) in [6.45, 7) is 0. The summed E-state index contributed by atoms with van der Waals surface area (Å²) in [7, 11) is 0. The van der Waals surface area contributed by atoms with Crippen LogP contribution in [0.4, 0.5) is 4.39 Å². The summed E-state index contributed by atoms with van der Waals surface area (Å²) in [6, 6.07) is 9.45. The Hall–Kier alpha value is -2.52. The van der Waals surface area contributed by atoms with E-state index < -0.39 is 5.82 Å². The number of hydrogen-bond donors (Lipinski definition) is 0. The molecule has 0 bridgehead atoms. The number of hydrogen-bond acceptors (Lipinski definition) is 4. The second-order valence-corrected chi connectivity index (χ2v) is 5.07. The van der Waals surface area contributed by atoms with Gasteiger partial charge in [-0.15, -0.1) is 0 Å². The van der Waals surface area contributed by atoms with Crippen LogP contribution in [-0.4, -0.2) is 9.97 Å². The second kappa shape index (κ2) is 5.46. The fourth-order valence-electron chi connectivity index (χ4n) is 1.88. The van der Waals surface area contributed by atoms with Crippen molar-refractivity contribution in [1.82, 2.24) is 9.97 Å². The van der Waals surface area contributed by atoms with Crippen LogP contribution in [0.3, 0.4) is 0 Å². The van der Waals surface area contributed by atoms with Crippen LogP contribution in [0, 0.1) is 17.1 Å². The smallest absolute Gasteiger partial charge is 0.156 e. The van der Waals surface area contributed by atoms with Gasteiger partial charge in [0.05, 0.1) is 5.52 Å². The minimum absolute atomic E-state index is 0.139. The van der Waals surface area contributed by atoms with E-state index in [1.165, 1.54) is 18.2 Å². The number of benzene rings is 1. The van der Waals surface area contributed by atoms with Gasteiger partial charge in [0.25, 0.3) is 0 Å². The van der Waals surface area contributed by atoms with E-state index in [0.717, 1.165) is 4.47 Å². The first-order valence-corrected chi connectivity index (χ1v) is 6.75. The summed E-state index contributed by atoms with van der Waals surface area (Å²) >= 11 is 3.32. The third-order valence-corrected chi connectivity index (χ3v) is 3.25. The molecule has 1 aromatic carbocycles. The summed E-state index contributed by atoms with van der Waals surface area (Å²) < 4.78 is 20.0. The number of nitrogens with zero attached hydrogens (tertiary/aromatic N) is 3.